The van der Waals surface area contributed by atoms with Crippen LogP contribution in [0.3, 0.4) is 0 Å². The topological polar surface area (TPSA) is 43.4 Å². The third-order valence-electron chi connectivity index (χ3n) is 6.55. The monoisotopic (exact) mass is 468 g/mol. The summed E-state index contributed by atoms with van der Waals surface area (Å²) in [5.41, 5.74) is 5.61. The van der Waals surface area contributed by atoms with E-state index in [4.69, 9.17) is 4.74 Å². The third-order valence-corrected chi connectivity index (χ3v) is 6.55. The number of Topliss-reactive ketones (excluding diaryl/α,β-unsaturated/α-hetero) is 1. The van der Waals surface area contributed by atoms with Crippen molar-refractivity contribution in [1.82, 2.24) is 0 Å². The molecule has 0 saturated carbocycles. The van der Waals surface area contributed by atoms with Gasteiger partial charge in [-0.2, -0.15) is 0 Å². The predicted octanol–water partition coefficient (Wildman–Crippen LogP) is 8.10. The van der Waals surface area contributed by atoms with Gasteiger partial charge in [0.2, 0.25) is 5.78 Å². The van der Waals surface area contributed by atoms with Gasteiger partial charge in [0.15, 0.2) is 6.61 Å². The van der Waals surface area contributed by atoms with Crippen LogP contribution in [-0.2, 0) is 9.53 Å². The highest BCUT2D eigenvalue weighted by Crippen LogP contribution is 2.40. The van der Waals surface area contributed by atoms with E-state index in [1.807, 2.05) is 61.5 Å². The van der Waals surface area contributed by atoms with Crippen LogP contribution in [0.4, 0.5) is 0 Å². The molecule has 2 aromatic carbocycles. The summed E-state index contributed by atoms with van der Waals surface area (Å²) in [6.07, 6.45) is 15.3. The van der Waals surface area contributed by atoms with E-state index in [9.17, 15) is 9.59 Å². The molecule has 0 unspecified atom stereocenters. The highest BCUT2D eigenvalue weighted by Gasteiger charge is 2.26. The number of fused-ring (bicyclic) bond motifs is 1. The zero-order valence-corrected chi connectivity index (χ0v) is 21.6. The van der Waals surface area contributed by atoms with Gasteiger partial charge in [0.25, 0.3) is 0 Å². The molecule has 0 spiro atoms. The first-order valence-electron chi connectivity index (χ1n) is 12.3. The van der Waals surface area contributed by atoms with Crippen molar-refractivity contribution in [3.05, 3.63) is 107 Å². The molecule has 2 aromatic rings. The largest absolute Gasteiger partial charge is 0.454 e. The summed E-state index contributed by atoms with van der Waals surface area (Å²) in [5, 5.41) is 1.85. The summed E-state index contributed by atoms with van der Waals surface area (Å²) < 4.78 is 5.21. The first-order chi connectivity index (χ1) is 16.7. The van der Waals surface area contributed by atoms with Gasteiger partial charge in [0.1, 0.15) is 0 Å². The van der Waals surface area contributed by atoms with Crippen LogP contribution < -0.4 is 0 Å². The van der Waals surface area contributed by atoms with Gasteiger partial charge in [-0.05, 0) is 67.4 Å². The van der Waals surface area contributed by atoms with E-state index in [0.29, 0.717) is 5.56 Å². The molecule has 0 aromatic heterocycles. The molecular weight excluding hydrogens is 432 g/mol. The molecule has 0 N–H and O–H groups in total. The van der Waals surface area contributed by atoms with Gasteiger partial charge in [-0.25, -0.2) is 4.79 Å². The molecule has 35 heavy (non-hydrogen) atoms. The fourth-order valence-electron chi connectivity index (χ4n) is 4.59. The van der Waals surface area contributed by atoms with Crippen LogP contribution in [0, 0.1) is 5.41 Å². The average molecular weight is 469 g/mol. The number of carbonyl (C=O) groups is 2. The molecule has 0 aliphatic heterocycles. The number of carbonyl (C=O) groups excluding carboxylic acids is 2. The lowest BCUT2D eigenvalue weighted by molar-refractivity contribution is -0.136. The van der Waals surface area contributed by atoms with Crippen LogP contribution in [0.5, 0.6) is 0 Å². The normalized spacial score (nSPS) is 16.9. The maximum Gasteiger partial charge on any atom is 0.331 e. The van der Waals surface area contributed by atoms with Gasteiger partial charge in [-0.15, -0.1) is 0 Å². The van der Waals surface area contributed by atoms with E-state index in [-0.39, 0.29) is 17.8 Å². The Morgan fingerprint density at radius 2 is 1.74 bits per heavy atom. The van der Waals surface area contributed by atoms with Crippen molar-refractivity contribution in [2.45, 2.75) is 53.9 Å². The highest BCUT2D eigenvalue weighted by atomic mass is 16.5. The first kappa shape index (κ1) is 26.2. The Balaban J connectivity index is 1.55. The van der Waals surface area contributed by atoms with E-state index in [1.54, 1.807) is 6.07 Å². The number of benzene rings is 2. The van der Waals surface area contributed by atoms with Gasteiger partial charge in [0.05, 0.1) is 0 Å². The molecular formula is C32H36O3. The zero-order chi connectivity index (χ0) is 25.4. The summed E-state index contributed by atoms with van der Waals surface area (Å²) in [4.78, 5) is 24.8. The summed E-state index contributed by atoms with van der Waals surface area (Å²) in [6.45, 7) is 10.5. The lowest BCUT2D eigenvalue weighted by atomic mass is 9.72. The maximum absolute atomic E-state index is 12.6. The number of hydrogen-bond acceptors (Lipinski definition) is 3. The second kappa shape index (κ2) is 11.8. The Hall–Kier alpha value is -3.46. The first-order valence-corrected chi connectivity index (χ1v) is 12.3. The van der Waals surface area contributed by atoms with Crippen LogP contribution in [0.15, 0.2) is 101 Å². The molecule has 0 bridgehead atoms. The number of ketones is 1. The van der Waals surface area contributed by atoms with Crippen LogP contribution in [-0.4, -0.2) is 18.4 Å². The summed E-state index contributed by atoms with van der Waals surface area (Å²) in [7, 11) is 0. The molecule has 3 rings (SSSR count). The number of allylic oxidation sites excluding steroid dienone is 9. The molecule has 0 amide bonds. The average Bonchev–Trinajstić information content (AvgIpc) is 2.81. The maximum atomic E-state index is 12.6. The second-order valence-electron chi connectivity index (χ2n) is 9.98. The molecule has 1 aliphatic rings. The van der Waals surface area contributed by atoms with E-state index in [2.05, 4.69) is 39.8 Å². The van der Waals surface area contributed by atoms with Crippen molar-refractivity contribution >= 4 is 22.5 Å². The Kier molecular flexibility index (Phi) is 8.81. The fourth-order valence-corrected chi connectivity index (χ4v) is 4.59. The van der Waals surface area contributed by atoms with Gasteiger partial charge in [-0.1, -0.05) is 97.8 Å². The predicted molar refractivity (Wildman–Crippen MR) is 145 cm³/mol. The summed E-state index contributed by atoms with van der Waals surface area (Å²) >= 11 is 0. The van der Waals surface area contributed by atoms with E-state index in [0.717, 1.165) is 21.9 Å². The molecule has 3 nitrogen and oxygen atoms in total. The van der Waals surface area contributed by atoms with Crippen LogP contribution in [0.25, 0.3) is 10.8 Å². The molecule has 182 valence electrons. The van der Waals surface area contributed by atoms with Gasteiger partial charge in [0, 0.05) is 11.6 Å². The third kappa shape index (κ3) is 7.26. The van der Waals surface area contributed by atoms with Crippen molar-refractivity contribution in [2.75, 3.05) is 6.61 Å². The molecule has 0 radical (unpaired) electrons. The minimum Gasteiger partial charge on any atom is -0.454 e. The number of hydrogen-bond donors (Lipinski definition) is 0. The standard InChI is InChI=1S/C32H36O3/c1-23(18-19-29-25(3)13-10-20-32(29,4)5)11-8-12-24(2)21-31(34)35-22-30(33)28-17-9-15-26-14-6-7-16-27(26)28/h6-9,11-12,14-19,21H,10,13,20,22H2,1-5H3/b12-8+,19-18+,23-11+,24-21+. The molecule has 0 heterocycles. The van der Waals surface area contributed by atoms with Crippen LogP contribution in [0.1, 0.15) is 64.2 Å². The van der Waals surface area contributed by atoms with Gasteiger partial charge in [-0.3, -0.25) is 4.79 Å². The van der Waals surface area contributed by atoms with Crippen molar-refractivity contribution in [3.63, 3.8) is 0 Å². The summed E-state index contributed by atoms with van der Waals surface area (Å²) in [5.74, 6) is -0.739. The fraction of sp³-hybridized carbons (Fsp3) is 0.312. The Bertz CT molecular complexity index is 1240. The van der Waals surface area contributed by atoms with Crippen LogP contribution in [0.2, 0.25) is 0 Å². The number of rotatable bonds is 8. The van der Waals surface area contributed by atoms with Crippen molar-refractivity contribution in [3.8, 4) is 0 Å². The zero-order valence-electron chi connectivity index (χ0n) is 21.6. The van der Waals surface area contributed by atoms with E-state index >= 15 is 0 Å². The second-order valence-corrected chi connectivity index (χ2v) is 9.98. The smallest absolute Gasteiger partial charge is 0.331 e. The highest BCUT2D eigenvalue weighted by molar-refractivity contribution is 6.09. The molecule has 0 fully saturated rings. The van der Waals surface area contributed by atoms with Crippen molar-refractivity contribution in [2.24, 2.45) is 5.41 Å². The lowest BCUT2D eigenvalue weighted by Gasteiger charge is -2.32. The number of esters is 1. The Morgan fingerprint density at radius 1 is 1.00 bits per heavy atom. The molecule has 3 heteroatoms. The van der Waals surface area contributed by atoms with Crippen molar-refractivity contribution in [1.29, 1.82) is 0 Å². The molecule has 0 atom stereocenters. The quantitative estimate of drug-likeness (QED) is 0.170. The van der Waals surface area contributed by atoms with Crippen molar-refractivity contribution < 1.29 is 14.3 Å². The van der Waals surface area contributed by atoms with E-state index < -0.39 is 5.97 Å². The summed E-state index contributed by atoms with van der Waals surface area (Å²) in [6, 6.07) is 13.2. The van der Waals surface area contributed by atoms with E-state index in [1.165, 1.54) is 36.5 Å². The SMILES string of the molecule is CC1=C(/C=C/C(C)=C/C=C/C(C)=C/C(=O)OCC(=O)c2cccc3ccccc23)C(C)(C)CCC1. The Morgan fingerprint density at radius 3 is 2.51 bits per heavy atom. The van der Waals surface area contributed by atoms with Gasteiger partial charge >= 0.3 is 5.97 Å². The number of ether oxygens (including phenoxy) is 1. The molecule has 0 saturated heterocycles. The van der Waals surface area contributed by atoms with Gasteiger partial charge < -0.3 is 4.74 Å². The lowest BCUT2D eigenvalue weighted by Crippen LogP contribution is -2.19. The Labute approximate surface area is 209 Å². The minimum absolute atomic E-state index is 0.214. The van der Waals surface area contributed by atoms with Crippen LogP contribution >= 0.6 is 0 Å². The molecule has 1 aliphatic carbocycles. The minimum atomic E-state index is -0.525.